The van der Waals surface area contributed by atoms with Crippen LogP contribution in [0.4, 0.5) is 4.79 Å². The van der Waals surface area contributed by atoms with E-state index in [-0.39, 0.29) is 122 Å². The van der Waals surface area contributed by atoms with Gasteiger partial charge in [0.05, 0.1) is 22.4 Å². The molecule has 1 aliphatic heterocycles. The predicted molar refractivity (Wildman–Crippen MR) is 321 cm³/mol. The number of allylic oxidation sites excluding steroid dienone is 4. The number of aliphatic hydroxyl groups excluding tert-OH is 2. The number of aliphatic imine (C=N–C) groups is 1. The predicted octanol–water partition coefficient (Wildman–Crippen LogP) is 8.77. The molecule has 2 aromatic rings. The van der Waals surface area contributed by atoms with E-state index in [1.807, 2.05) is 0 Å². The summed E-state index contributed by atoms with van der Waals surface area (Å²) in [5.74, 6) is -0.649. The highest BCUT2D eigenvalue weighted by molar-refractivity contribution is 8.15. The Morgan fingerprint density at radius 3 is 2.31 bits per heavy atom. The first-order chi connectivity index (χ1) is 39.6. The Kier molecular flexibility index (Phi) is 20.4. The lowest BCUT2D eigenvalue weighted by Gasteiger charge is -2.62. The number of benzene rings is 1. The van der Waals surface area contributed by atoms with E-state index in [0.717, 1.165) is 51.4 Å². The third kappa shape index (κ3) is 13.8. The monoisotopic (exact) mass is 1200 g/mol. The average molecular weight is 1200 g/mol. The number of carbonyl (C=O) groups is 8. The van der Waals surface area contributed by atoms with E-state index in [0.29, 0.717) is 91.2 Å². The van der Waals surface area contributed by atoms with Crippen LogP contribution in [0.5, 0.6) is 5.75 Å². The minimum Gasteiger partial charge on any atom is -0.480 e. The molecular formula is C63H88N6O13S2. The van der Waals surface area contributed by atoms with Gasteiger partial charge in [0.15, 0.2) is 17.6 Å². The zero-order valence-electron chi connectivity index (χ0n) is 50.4. The van der Waals surface area contributed by atoms with E-state index in [2.05, 4.69) is 41.4 Å². The maximum absolute atomic E-state index is 14.0. The topological polar surface area (TPSA) is 282 Å². The number of ketones is 2. The van der Waals surface area contributed by atoms with E-state index in [1.54, 1.807) is 59.9 Å². The molecule has 6 N–H and O–H groups in total. The number of unbranched alkanes of at least 4 members (excludes halogenated alkanes) is 1. The van der Waals surface area contributed by atoms with Crippen LogP contribution in [0, 0.1) is 51.8 Å². The van der Waals surface area contributed by atoms with Crippen LogP contribution < -0.4 is 15.4 Å². The van der Waals surface area contributed by atoms with Crippen LogP contribution in [0.25, 0.3) is 10.2 Å². The van der Waals surface area contributed by atoms with Crippen LogP contribution in [0.3, 0.4) is 0 Å². The minimum atomic E-state index is -1.13. The molecule has 4 fully saturated rings. The van der Waals surface area contributed by atoms with E-state index in [9.17, 15) is 58.8 Å². The smallest absolute Gasteiger partial charge is 0.415 e. The molecule has 0 spiro atoms. The number of Topliss-reactive ketones (excluding diaryl/α,β-unsaturated/α-hetero) is 2. The van der Waals surface area contributed by atoms with E-state index >= 15 is 0 Å². The fourth-order valence-corrected chi connectivity index (χ4v) is 17.6. The number of nitrogens with zero attached hydrogens (tertiary/aromatic N) is 4. The average Bonchev–Trinajstić information content (AvgIpc) is 1.44. The first-order valence-electron chi connectivity index (χ1n) is 30.3. The number of aliphatic hydroxyl groups is 2. The highest BCUT2D eigenvalue weighted by atomic mass is 32.2. The van der Waals surface area contributed by atoms with Gasteiger partial charge in [0.2, 0.25) is 17.7 Å². The number of amides is 4. The molecule has 0 radical (unpaired) electrons. The largest absolute Gasteiger partial charge is 0.480 e. The lowest BCUT2D eigenvalue weighted by atomic mass is 9.43. The molecule has 6 aliphatic rings. The Labute approximate surface area is 501 Å². The molecule has 4 amide bonds. The van der Waals surface area contributed by atoms with Crippen molar-refractivity contribution in [2.75, 3.05) is 39.0 Å². The quantitative estimate of drug-likeness (QED) is 0.0423. The molecule has 84 heavy (non-hydrogen) atoms. The Balaban J connectivity index is 0.799. The third-order valence-corrected chi connectivity index (χ3v) is 22.8. The number of rotatable bonds is 24. The van der Waals surface area contributed by atoms with Crippen molar-refractivity contribution in [1.29, 1.82) is 0 Å². The van der Waals surface area contributed by atoms with Gasteiger partial charge in [0.1, 0.15) is 21.8 Å². The number of fused-ring (bicyclic) bond motifs is 6. The number of aliphatic carboxylic acids is 2. The molecule has 4 saturated carbocycles. The number of carboxylic acids is 2. The molecule has 1 aromatic carbocycles. The summed E-state index contributed by atoms with van der Waals surface area (Å²) in [7, 11) is 1.59. The maximum Gasteiger partial charge on any atom is 0.415 e. The number of thioether (sulfide) groups is 1. The Morgan fingerprint density at radius 1 is 0.857 bits per heavy atom. The molecular weight excluding hydrogens is 1110 g/mol. The van der Waals surface area contributed by atoms with Crippen molar-refractivity contribution in [3.8, 4) is 5.75 Å². The van der Waals surface area contributed by atoms with Gasteiger partial charge in [0.25, 0.3) is 0 Å². The molecule has 21 heteroatoms. The minimum absolute atomic E-state index is 0.0253. The first-order valence-corrected chi connectivity index (χ1v) is 32.1. The fraction of sp³-hybridized carbons (Fsp3) is 0.683. The first kappa shape index (κ1) is 64.5. The maximum atomic E-state index is 14.0. The van der Waals surface area contributed by atoms with Gasteiger partial charge < -0.3 is 45.6 Å². The van der Waals surface area contributed by atoms with Crippen molar-refractivity contribution in [3.05, 3.63) is 45.5 Å². The summed E-state index contributed by atoms with van der Waals surface area (Å²) in [5.41, 5.74) is 0.904. The van der Waals surface area contributed by atoms with Gasteiger partial charge >= 0.3 is 18.0 Å². The standard InChI is InChI=1S/C63H88N6O13S2/c1-34(42-19-20-43-41-18-16-38-29-39(70)23-24-62(38,7)44(41)31-49(71)63(42,43)8)15-22-51(73)65-46(58(77)78)13-10-11-25-64-50(72)14-12-26-69(28-27-68(9)52(74)32-61(5,6)53-37(4)54(75)35(2)36(3)55(53)76)60(81)82-40-17-21-45-48(30-40)84-57(66-45)56-67-47(33-83-56)59(79)80/h17,21,30,34,38-39,41-44,46-47,49,70-71H,10-16,18-20,22-29,31-33H2,1-9H3,(H,64,72)(H,65,73)(H,77,78)(H,79,80)/t34-,38?,39-,41?,42-,43+,44+,46?,47?,49+,62+,63-/m1/s1. The molecule has 8 rings (SSSR count). The fourth-order valence-electron chi connectivity index (χ4n) is 15.5. The summed E-state index contributed by atoms with van der Waals surface area (Å²) in [6.07, 6.45) is 8.55. The Hall–Kier alpha value is -5.51. The zero-order valence-corrected chi connectivity index (χ0v) is 52.1. The van der Waals surface area contributed by atoms with Gasteiger partial charge in [-0.05, 0) is 163 Å². The molecule has 1 aromatic heterocycles. The molecule has 2 heterocycles. The van der Waals surface area contributed by atoms with Crippen LogP contribution in [-0.2, 0) is 33.6 Å². The number of carbonyl (C=O) groups excluding carboxylic acids is 6. The number of nitrogens with one attached hydrogen (secondary N) is 2. The van der Waals surface area contributed by atoms with Gasteiger partial charge in [-0.15, -0.1) is 23.1 Å². The SMILES string of the molecule is CC1=C(C)C(=O)C(C(C)(C)CC(=O)N(C)CCN(CCCC(=O)NCCCCC(NC(=O)CC[C@@H](C)[C@H]2CC[C@H]3C4CCC5C[C@H](O)CC[C@]5(C)[C@H]4C[C@H](O)[C@]23C)C(=O)O)C(=O)Oc2ccc3nc(C4=NC(C(=O)O)CS4)sc3c2)=C(C)C1=O. The second-order valence-corrected chi connectivity index (χ2v) is 28.2. The molecule has 12 atom stereocenters. The second kappa shape index (κ2) is 26.6. The summed E-state index contributed by atoms with van der Waals surface area (Å²) in [5, 5.41) is 48.7. The van der Waals surface area contributed by atoms with Crippen molar-refractivity contribution in [2.24, 2.45) is 56.7 Å². The number of aromatic nitrogens is 1. The summed E-state index contributed by atoms with van der Waals surface area (Å²) in [6, 6.07) is 3.00. The van der Waals surface area contributed by atoms with Gasteiger partial charge in [-0.1, -0.05) is 34.6 Å². The third-order valence-electron chi connectivity index (χ3n) is 20.6. The number of ether oxygens (including phenoxy) is 1. The zero-order chi connectivity index (χ0) is 61.2. The highest BCUT2D eigenvalue weighted by Crippen LogP contribution is 2.68. The van der Waals surface area contributed by atoms with Crippen molar-refractivity contribution in [1.82, 2.24) is 25.4 Å². The number of thiazole rings is 1. The Bertz CT molecular complexity index is 2990. The second-order valence-electron chi connectivity index (χ2n) is 26.2. The van der Waals surface area contributed by atoms with Crippen LogP contribution in [-0.4, -0.2) is 151 Å². The van der Waals surface area contributed by atoms with Gasteiger partial charge in [-0.2, -0.15) is 0 Å². The van der Waals surface area contributed by atoms with E-state index in [1.165, 1.54) is 32.9 Å². The highest BCUT2D eigenvalue weighted by Gasteiger charge is 2.64. The number of likely N-dealkylation sites (N-methyl/N-ethyl adjacent to an activating group) is 1. The molecule has 5 aliphatic carbocycles. The van der Waals surface area contributed by atoms with Crippen LogP contribution in [0.15, 0.2) is 45.5 Å². The Morgan fingerprint density at radius 2 is 1.60 bits per heavy atom. The van der Waals surface area contributed by atoms with E-state index in [4.69, 9.17) is 4.74 Å². The van der Waals surface area contributed by atoms with Crippen LogP contribution >= 0.6 is 23.1 Å². The molecule has 460 valence electrons. The summed E-state index contributed by atoms with van der Waals surface area (Å²) >= 11 is 2.60. The molecule has 4 unspecified atom stereocenters. The van der Waals surface area contributed by atoms with Crippen LogP contribution in [0.2, 0.25) is 0 Å². The van der Waals surface area contributed by atoms with E-state index < -0.39 is 41.6 Å². The van der Waals surface area contributed by atoms with Crippen molar-refractivity contribution in [2.45, 2.75) is 182 Å². The molecule has 0 bridgehead atoms. The van der Waals surface area contributed by atoms with Crippen molar-refractivity contribution in [3.63, 3.8) is 0 Å². The van der Waals surface area contributed by atoms with Gasteiger partial charge in [0, 0.05) is 92.0 Å². The normalized spacial score (nSPS) is 28.4. The number of carboxylic acid groups (broad SMARTS) is 2. The molecule has 0 saturated heterocycles. The van der Waals surface area contributed by atoms with Gasteiger partial charge in [-0.3, -0.25) is 29.0 Å². The lowest BCUT2D eigenvalue weighted by molar-refractivity contribution is -0.175. The summed E-state index contributed by atoms with van der Waals surface area (Å²) in [6.45, 7) is 15.7. The summed E-state index contributed by atoms with van der Waals surface area (Å²) in [4.78, 5) is 116. The number of hydrogen-bond donors (Lipinski definition) is 6. The van der Waals surface area contributed by atoms with Gasteiger partial charge in [-0.25, -0.2) is 19.4 Å². The van der Waals surface area contributed by atoms with Crippen molar-refractivity contribution < 1.29 is 63.5 Å². The summed E-state index contributed by atoms with van der Waals surface area (Å²) < 4.78 is 6.55. The van der Waals surface area contributed by atoms with Crippen LogP contribution in [0.1, 0.15) is 163 Å². The number of hydrogen-bond acceptors (Lipinski definition) is 15. The lowest BCUT2D eigenvalue weighted by Crippen LogP contribution is -2.58. The molecule has 19 nitrogen and oxygen atoms in total. The van der Waals surface area contributed by atoms with Crippen molar-refractivity contribution >= 4 is 85.7 Å².